The summed E-state index contributed by atoms with van der Waals surface area (Å²) in [6, 6.07) is -0.0325. The van der Waals surface area contributed by atoms with E-state index in [2.05, 4.69) is 25.9 Å². The van der Waals surface area contributed by atoms with Gasteiger partial charge in [0.1, 0.15) is 5.82 Å². The summed E-state index contributed by atoms with van der Waals surface area (Å²) in [4.78, 5) is 8.72. The van der Waals surface area contributed by atoms with Crippen molar-refractivity contribution in [1.82, 2.24) is 9.97 Å². The Kier molecular flexibility index (Phi) is 2.34. The Bertz CT molecular complexity index is 321. The molecule has 0 aliphatic heterocycles. The van der Waals surface area contributed by atoms with Crippen LogP contribution in [0.4, 0.5) is 0 Å². The zero-order valence-corrected chi connectivity index (χ0v) is 9.08. The molecule has 1 aromatic rings. The third-order valence-corrected chi connectivity index (χ3v) is 2.77. The fourth-order valence-corrected chi connectivity index (χ4v) is 1.80. The molecule has 0 aromatic carbocycles. The predicted molar refractivity (Wildman–Crippen MR) is 54.3 cm³/mol. The molecule has 0 radical (unpaired) electrons. The van der Waals surface area contributed by atoms with Crippen LogP contribution in [0.25, 0.3) is 0 Å². The molecule has 1 fully saturated rings. The summed E-state index contributed by atoms with van der Waals surface area (Å²) in [5, 5.41) is 0. The average Bonchev–Trinajstić information content (AvgIpc) is 2.87. The van der Waals surface area contributed by atoms with Gasteiger partial charge in [0, 0.05) is 18.2 Å². The van der Waals surface area contributed by atoms with Crippen LogP contribution in [0, 0.1) is 0 Å². The predicted octanol–water partition coefficient (Wildman–Crippen LogP) is 2.14. The smallest absolute Gasteiger partial charge is 0.131 e. The highest BCUT2D eigenvalue weighted by Gasteiger charge is 2.27. The largest absolute Gasteiger partial charge is 0.323 e. The number of nitrogens with zero attached hydrogens (tertiary/aromatic N) is 2. The SMILES string of the molecule is C[C@H](N)c1nc(C2CC2)ncc1Br. The maximum atomic E-state index is 5.78. The summed E-state index contributed by atoms with van der Waals surface area (Å²) in [6.07, 6.45) is 4.25. The Hall–Kier alpha value is -0.480. The highest BCUT2D eigenvalue weighted by atomic mass is 79.9. The van der Waals surface area contributed by atoms with Gasteiger partial charge < -0.3 is 5.73 Å². The van der Waals surface area contributed by atoms with Crippen LogP contribution in [-0.2, 0) is 0 Å². The molecule has 2 N–H and O–H groups in total. The van der Waals surface area contributed by atoms with E-state index in [1.54, 1.807) is 6.20 Å². The van der Waals surface area contributed by atoms with E-state index in [1.165, 1.54) is 12.8 Å². The van der Waals surface area contributed by atoms with E-state index in [-0.39, 0.29) is 6.04 Å². The maximum Gasteiger partial charge on any atom is 0.131 e. The van der Waals surface area contributed by atoms with Gasteiger partial charge in [0.25, 0.3) is 0 Å². The number of halogens is 1. The first-order valence-corrected chi connectivity index (χ1v) is 5.25. The van der Waals surface area contributed by atoms with Crippen LogP contribution in [0.5, 0.6) is 0 Å². The van der Waals surface area contributed by atoms with Gasteiger partial charge in [-0.1, -0.05) is 0 Å². The van der Waals surface area contributed by atoms with Gasteiger partial charge in [0.2, 0.25) is 0 Å². The molecule has 0 spiro atoms. The van der Waals surface area contributed by atoms with Gasteiger partial charge >= 0.3 is 0 Å². The molecule has 1 heterocycles. The average molecular weight is 242 g/mol. The van der Waals surface area contributed by atoms with Crippen molar-refractivity contribution in [2.75, 3.05) is 0 Å². The van der Waals surface area contributed by atoms with E-state index in [0.29, 0.717) is 5.92 Å². The number of nitrogens with two attached hydrogens (primary N) is 1. The molecular weight excluding hydrogens is 230 g/mol. The molecule has 13 heavy (non-hydrogen) atoms. The fraction of sp³-hybridized carbons (Fsp3) is 0.556. The van der Waals surface area contributed by atoms with Crippen LogP contribution < -0.4 is 5.73 Å². The van der Waals surface area contributed by atoms with E-state index in [0.717, 1.165) is 16.0 Å². The molecule has 0 bridgehead atoms. The third-order valence-electron chi connectivity index (χ3n) is 2.16. The van der Waals surface area contributed by atoms with E-state index in [4.69, 9.17) is 5.73 Å². The molecule has 70 valence electrons. The lowest BCUT2D eigenvalue weighted by Crippen LogP contribution is -2.10. The van der Waals surface area contributed by atoms with Gasteiger partial charge in [-0.3, -0.25) is 0 Å². The highest BCUT2D eigenvalue weighted by Crippen LogP contribution is 2.38. The Balaban J connectivity index is 2.36. The first-order valence-electron chi connectivity index (χ1n) is 4.46. The number of hydrogen-bond acceptors (Lipinski definition) is 3. The first-order chi connectivity index (χ1) is 6.18. The van der Waals surface area contributed by atoms with Crippen molar-refractivity contribution in [2.24, 2.45) is 5.73 Å². The number of aromatic nitrogens is 2. The summed E-state index contributed by atoms with van der Waals surface area (Å²) in [6.45, 7) is 1.93. The molecule has 1 aromatic heterocycles. The summed E-state index contributed by atoms with van der Waals surface area (Å²) in [5.41, 5.74) is 6.70. The Morgan fingerprint density at radius 2 is 2.31 bits per heavy atom. The Morgan fingerprint density at radius 3 is 2.85 bits per heavy atom. The van der Waals surface area contributed by atoms with Crippen LogP contribution in [-0.4, -0.2) is 9.97 Å². The topological polar surface area (TPSA) is 51.8 Å². The minimum absolute atomic E-state index is 0.0325. The minimum Gasteiger partial charge on any atom is -0.323 e. The zero-order chi connectivity index (χ0) is 9.42. The van der Waals surface area contributed by atoms with Crippen molar-refractivity contribution >= 4 is 15.9 Å². The summed E-state index contributed by atoms with van der Waals surface area (Å²) in [5.74, 6) is 1.54. The second-order valence-corrected chi connectivity index (χ2v) is 4.38. The first kappa shape index (κ1) is 9.09. The van der Waals surface area contributed by atoms with Gasteiger partial charge in [0.15, 0.2) is 0 Å². The maximum absolute atomic E-state index is 5.78. The highest BCUT2D eigenvalue weighted by molar-refractivity contribution is 9.10. The van der Waals surface area contributed by atoms with Gasteiger partial charge in [-0.15, -0.1) is 0 Å². The van der Waals surface area contributed by atoms with Gasteiger partial charge in [-0.05, 0) is 35.7 Å². The van der Waals surface area contributed by atoms with Gasteiger partial charge in [-0.2, -0.15) is 0 Å². The number of hydrogen-bond donors (Lipinski definition) is 1. The van der Waals surface area contributed by atoms with Crippen molar-refractivity contribution in [1.29, 1.82) is 0 Å². The molecular formula is C9H12BrN3. The van der Waals surface area contributed by atoms with Crippen molar-refractivity contribution in [2.45, 2.75) is 31.7 Å². The van der Waals surface area contributed by atoms with E-state index in [1.807, 2.05) is 6.92 Å². The quantitative estimate of drug-likeness (QED) is 0.864. The molecule has 1 aliphatic carbocycles. The van der Waals surface area contributed by atoms with Crippen molar-refractivity contribution in [3.8, 4) is 0 Å². The van der Waals surface area contributed by atoms with E-state index >= 15 is 0 Å². The molecule has 0 unspecified atom stereocenters. The molecule has 1 saturated carbocycles. The standard InChI is InChI=1S/C9H12BrN3/c1-5(11)8-7(10)4-12-9(13-8)6-2-3-6/h4-6H,2-3,11H2,1H3/t5-/m0/s1. The summed E-state index contributed by atoms with van der Waals surface area (Å²) >= 11 is 3.40. The van der Waals surface area contributed by atoms with Crippen molar-refractivity contribution < 1.29 is 0 Å². The van der Waals surface area contributed by atoms with Crippen molar-refractivity contribution in [3.05, 3.63) is 22.2 Å². The van der Waals surface area contributed by atoms with Crippen LogP contribution >= 0.6 is 15.9 Å². The third kappa shape index (κ3) is 1.89. The molecule has 4 heteroatoms. The Morgan fingerprint density at radius 1 is 1.62 bits per heavy atom. The summed E-state index contributed by atoms with van der Waals surface area (Å²) in [7, 11) is 0. The van der Waals surface area contributed by atoms with Gasteiger partial charge in [-0.25, -0.2) is 9.97 Å². The van der Waals surface area contributed by atoms with E-state index < -0.39 is 0 Å². The monoisotopic (exact) mass is 241 g/mol. The van der Waals surface area contributed by atoms with Crippen LogP contribution in [0.3, 0.4) is 0 Å². The summed E-state index contributed by atoms with van der Waals surface area (Å²) < 4.78 is 0.909. The lowest BCUT2D eigenvalue weighted by atomic mass is 10.2. The van der Waals surface area contributed by atoms with Crippen LogP contribution in [0.2, 0.25) is 0 Å². The second kappa shape index (κ2) is 3.35. The lowest BCUT2D eigenvalue weighted by Gasteiger charge is -2.08. The number of rotatable bonds is 2. The zero-order valence-electron chi connectivity index (χ0n) is 7.50. The van der Waals surface area contributed by atoms with Crippen LogP contribution in [0.15, 0.2) is 10.7 Å². The molecule has 0 amide bonds. The normalized spacial score (nSPS) is 18.7. The lowest BCUT2D eigenvalue weighted by molar-refractivity contribution is 0.746. The van der Waals surface area contributed by atoms with Gasteiger partial charge in [0.05, 0.1) is 10.2 Å². The minimum atomic E-state index is -0.0325. The fourth-order valence-electron chi connectivity index (χ4n) is 1.25. The van der Waals surface area contributed by atoms with Crippen molar-refractivity contribution in [3.63, 3.8) is 0 Å². The molecule has 3 nitrogen and oxygen atoms in total. The molecule has 1 atom stereocenters. The Labute approximate surface area is 85.9 Å². The molecule has 0 saturated heterocycles. The van der Waals surface area contributed by atoms with Crippen LogP contribution in [0.1, 0.15) is 43.2 Å². The van der Waals surface area contributed by atoms with E-state index in [9.17, 15) is 0 Å². The second-order valence-electron chi connectivity index (χ2n) is 3.52. The molecule has 1 aliphatic rings. The molecule has 2 rings (SSSR count).